The molecule has 0 aliphatic rings. The van der Waals surface area contributed by atoms with Gasteiger partial charge in [-0.1, -0.05) is 18.6 Å². The third-order valence-corrected chi connectivity index (χ3v) is 4.01. The number of aromatic nitrogens is 2. The molecule has 3 rings (SSSR count). The van der Waals surface area contributed by atoms with Gasteiger partial charge in [-0.15, -0.1) is 11.3 Å². The lowest BCUT2D eigenvalue weighted by Gasteiger charge is -2.07. The first-order valence-corrected chi connectivity index (χ1v) is 7.13. The highest BCUT2D eigenvalue weighted by Gasteiger charge is 2.11. The third kappa shape index (κ3) is 2.06. The van der Waals surface area contributed by atoms with E-state index >= 15 is 0 Å². The van der Waals surface area contributed by atoms with Crippen molar-refractivity contribution in [1.29, 1.82) is 0 Å². The lowest BCUT2D eigenvalue weighted by atomic mass is 9.98. The molecule has 0 unspecified atom stereocenters. The van der Waals surface area contributed by atoms with Gasteiger partial charge in [-0.3, -0.25) is 0 Å². The van der Waals surface area contributed by atoms with Crippen LogP contribution in [0.15, 0.2) is 35.3 Å². The van der Waals surface area contributed by atoms with Gasteiger partial charge < -0.3 is 4.98 Å². The molecule has 2 nitrogen and oxygen atoms in total. The average Bonchev–Trinajstić information content (AvgIpc) is 2.99. The fourth-order valence-electron chi connectivity index (χ4n) is 2.36. The Morgan fingerprint density at radius 2 is 2.28 bits per heavy atom. The molecule has 0 radical (unpaired) electrons. The maximum atomic E-state index is 4.40. The summed E-state index contributed by atoms with van der Waals surface area (Å²) in [5.41, 5.74) is 7.02. The first-order valence-electron chi connectivity index (χ1n) is 6.19. The molecular weight excluding hydrogens is 240 g/mol. The number of H-pyrrole nitrogens is 1. The van der Waals surface area contributed by atoms with Crippen LogP contribution in [0, 0.1) is 6.92 Å². The maximum absolute atomic E-state index is 4.40. The van der Waals surface area contributed by atoms with Crippen molar-refractivity contribution in [2.75, 3.05) is 0 Å². The van der Waals surface area contributed by atoms with Crippen LogP contribution in [-0.4, -0.2) is 9.97 Å². The fourth-order valence-corrected chi connectivity index (χ4v) is 3.04. The summed E-state index contributed by atoms with van der Waals surface area (Å²) in [6.45, 7) is 4.38. The molecule has 2 aromatic heterocycles. The van der Waals surface area contributed by atoms with Crippen LogP contribution in [0.1, 0.15) is 29.7 Å². The molecule has 0 spiro atoms. The minimum Gasteiger partial charge on any atom is -0.361 e. The van der Waals surface area contributed by atoms with Crippen LogP contribution < -0.4 is 0 Å². The van der Waals surface area contributed by atoms with Gasteiger partial charge in [0.15, 0.2) is 0 Å². The van der Waals surface area contributed by atoms with E-state index in [0.29, 0.717) is 5.92 Å². The van der Waals surface area contributed by atoms with E-state index in [1.807, 2.05) is 5.51 Å². The van der Waals surface area contributed by atoms with Crippen LogP contribution in [0.4, 0.5) is 0 Å². The molecule has 18 heavy (non-hydrogen) atoms. The van der Waals surface area contributed by atoms with E-state index in [0.717, 1.165) is 6.42 Å². The number of hydrogen-bond acceptors (Lipinski definition) is 2. The number of rotatable bonds is 3. The minimum atomic E-state index is 0.468. The van der Waals surface area contributed by atoms with Gasteiger partial charge in [-0.25, -0.2) is 4.98 Å². The molecule has 0 saturated heterocycles. The molecule has 1 atom stereocenters. The van der Waals surface area contributed by atoms with E-state index in [1.165, 1.54) is 27.7 Å². The SMILES string of the molecule is Cc1ccc2[nH]cc(C[C@H](C)c3cscn3)c2c1. The first kappa shape index (κ1) is 11.5. The van der Waals surface area contributed by atoms with Crippen molar-refractivity contribution in [2.24, 2.45) is 0 Å². The zero-order valence-corrected chi connectivity index (χ0v) is 11.4. The largest absolute Gasteiger partial charge is 0.361 e. The Labute approximate surface area is 111 Å². The number of hydrogen-bond donors (Lipinski definition) is 1. The van der Waals surface area contributed by atoms with Crippen LogP contribution in [-0.2, 0) is 6.42 Å². The standard InChI is InChI=1S/C15H16N2S/c1-10-3-4-14-13(5-10)12(7-16-14)6-11(2)15-8-18-9-17-15/h3-5,7-9,11,16H,6H2,1-2H3/t11-/m0/s1. The normalized spacial score (nSPS) is 13.0. The molecular formula is C15H16N2S. The van der Waals surface area contributed by atoms with Gasteiger partial charge in [-0.2, -0.15) is 0 Å². The van der Waals surface area contributed by atoms with Crippen molar-refractivity contribution < 1.29 is 0 Å². The lowest BCUT2D eigenvalue weighted by molar-refractivity contribution is 0.740. The molecule has 3 heteroatoms. The monoisotopic (exact) mass is 256 g/mol. The molecule has 0 aliphatic carbocycles. The number of nitrogens with one attached hydrogen (secondary N) is 1. The highest BCUT2D eigenvalue weighted by atomic mass is 32.1. The Morgan fingerprint density at radius 3 is 3.06 bits per heavy atom. The summed E-state index contributed by atoms with van der Waals surface area (Å²) < 4.78 is 0. The van der Waals surface area contributed by atoms with Crippen molar-refractivity contribution >= 4 is 22.2 Å². The summed E-state index contributed by atoms with van der Waals surface area (Å²) in [7, 11) is 0. The highest BCUT2D eigenvalue weighted by molar-refractivity contribution is 7.07. The van der Waals surface area contributed by atoms with Crippen LogP contribution in [0.5, 0.6) is 0 Å². The minimum absolute atomic E-state index is 0.468. The van der Waals surface area contributed by atoms with E-state index < -0.39 is 0 Å². The molecule has 1 aromatic carbocycles. The third-order valence-electron chi connectivity index (χ3n) is 3.41. The fraction of sp³-hybridized carbons (Fsp3) is 0.267. The molecule has 0 bridgehead atoms. The van der Waals surface area contributed by atoms with E-state index in [2.05, 4.69) is 53.6 Å². The number of fused-ring (bicyclic) bond motifs is 1. The van der Waals surface area contributed by atoms with Crippen LogP contribution in [0.2, 0.25) is 0 Å². The first-order chi connectivity index (χ1) is 8.74. The molecule has 0 aliphatic heterocycles. The lowest BCUT2D eigenvalue weighted by Crippen LogP contribution is -1.98. The zero-order valence-electron chi connectivity index (χ0n) is 10.6. The van der Waals surface area contributed by atoms with Gasteiger partial charge >= 0.3 is 0 Å². The summed E-state index contributed by atoms with van der Waals surface area (Å²) in [6.07, 6.45) is 3.17. The van der Waals surface area contributed by atoms with Crippen molar-refractivity contribution in [3.8, 4) is 0 Å². The molecule has 3 aromatic rings. The molecule has 0 fully saturated rings. The predicted molar refractivity (Wildman–Crippen MR) is 77.3 cm³/mol. The van der Waals surface area contributed by atoms with Crippen molar-refractivity contribution in [3.05, 3.63) is 52.1 Å². The number of benzene rings is 1. The summed E-state index contributed by atoms with van der Waals surface area (Å²) in [4.78, 5) is 7.75. The van der Waals surface area contributed by atoms with Crippen molar-refractivity contribution in [3.63, 3.8) is 0 Å². The summed E-state index contributed by atoms with van der Waals surface area (Å²) in [5.74, 6) is 0.468. The quantitative estimate of drug-likeness (QED) is 0.744. The zero-order chi connectivity index (χ0) is 12.5. The van der Waals surface area contributed by atoms with Crippen molar-refractivity contribution in [1.82, 2.24) is 9.97 Å². The highest BCUT2D eigenvalue weighted by Crippen LogP contribution is 2.26. The Morgan fingerprint density at radius 1 is 1.39 bits per heavy atom. The van der Waals surface area contributed by atoms with Crippen LogP contribution in [0.3, 0.4) is 0 Å². The van der Waals surface area contributed by atoms with Gasteiger partial charge in [-0.05, 0) is 31.0 Å². The Hall–Kier alpha value is -1.61. The van der Waals surface area contributed by atoms with Crippen molar-refractivity contribution in [2.45, 2.75) is 26.2 Å². The Balaban J connectivity index is 1.93. The second-order valence-electron chi connectivity index (χ2n) is 4.88. The molecule has 0 saturated carbocycles. The van der Waals surface area contributed by atoms with Gasteiger partial charge in [0, 0.05) is 28.4 Å². The van der Waals surface area contributed by atoms with E-state index in [4.69, 9.17) is 0 Å². The number of thiazole rings is 1. The summed E-state index contributed by atoms with van der Waals surface area (Å²) in [5, 5.41) is 3.49. The van der Waals surface area contributed by atoms with Crippen LogP contribution in [0.25, 0.3) is 10.9 Å². The maximum Gasteiger partial charge on any atom is 0.0794 e. The number of nitrogens with zero attached hydrogens (tertiary/aromatic N) is 1. The number of aryl methyl sites for hydroxylation is 1. The number of aromatic amines is 1. The van der Waals surface area contributed by atoms with E-state index in [9.17, 15) is 0 Å². The molecule has 92 valence electrons. The van der Waals surface area contributed by atoms with E-state index in [-0.39, 0.29) is 0 Å². The molecule has 0 amide bonds. The Kier molecular flexibility index (Phi) is 2.92. The summed E-state index contributed by atoms with van der Waals surface area (Å²) in [6, 6.07) is 6.56. The van der Waals surface area contributed by atoms with E-state index in [1.54, 1.807) is 11.3 Å². The summed E-state index contributed by atoms with van der Waals surface area (Å²) >= 11 is 1.67. The predicted octanol–water partition coefficient (Wildman–Crippen LogP) is 4.28. The average molecular weight is 256 g/mol. The topological polar surface area (TPSA) is 28.7 Å². The Bertz CT molecular complexity index is 652. The smallest absolute Gasteiger partial charge is 0.0794 e. The molecule has 1 N–H and O–H groups in total. The van der Waals surface area contributed by atoms with Gasteiger partial charge in [0.2, 0.25) is 0 Å². The van der Waals surface area contributed by atoms with Gasteiger partial charge in [0.1, 0.15) is 0 Å². The molecule has 2 heterocycles. The van der Waals surface area contributed by atoms with Crippen LogP contribution >= 0.6 is 11.3 Å². The van der Waals surface area contributed by atoms with Gasteiger partial charge in [0.25, 0.3) is 0 Å². The second kappa shape index (κ2) is 4.58. The van der Waals surface area contributed by atoms with Gasteiger partial charge in [0.05, 0.1) is 11.2 Å². The second-order valence-corrected chi connectivity index (χ2v) is 5.60.